The van der Waals surface area contributed by atoms with Gasteiger partial charge in [0, 0.05) is 24.6 Å². The number of benzene rings is 1. The number of phenolic OH excluding ortho intramolecular Hbond substituents is 1. The highest BCUT2D eigenvalue weighted by molar-refractivity contribution is 5.93. The van der Waals surface area contributed by atoms with E-state index >= 15 is 0 Å². The lowest BCUT2D eigenvalue weighted by atomic mass is 9.94. The number of aromatic nitrogens is 1. The summed E-state index contributed by atoms with van der Waals surface area (Å²) in [5, 5.41) is 22.0. The van der Waals surface area contributed by atoms with E-state index in [1.165, 1.54) is 32.2 Å². The maximum absolute atomic E-state index is 14.4. The van der Waals surface area contributed by atoms with E-state index in [-0.39, 0.29) is 48.3 Å². The van der Waals surface area contributed by atoms with Crippen LogP contribution in [0, 0.1) is 5.82 Å². The number of carbonyl (C=O) groups excluding carboxylic acids is 2. The van der Waals surface area contributed by atoms with E-state index in [0.717, 1.165) is 12.1 Å². The van der Waals surface area contributed by atoms with Crippen molar-refractivity contribution in [3.63, 3.8) is 0 Å². The molecule has 0 spiro atoms. The highest BCUT2D eigenvalue weighted by Gasteiger charge is 2.64. The Labute approximate surface area is 181 Å². The summed E-state index contributed by atoms with van der Waals surface area (Å²) in [7, 11) is 0. The number of alkyl halides is 3. The summed E-state index contributed by atoms with van der Waals surface area (Å²) in [4.78, 5) is 28.4. The largest absolute Gasteiger partial charge is 0.508 e. The molecule has 172 valence electrons. The highest BCUT2D eigenvalue weighted by atomic mass is 19.4. The van der Waals surface area contributed by atoms with Crippen LogP contribution in [0.15, 0.2) is 30.5 Å². The summed E-state index contributed by atoms with van der Waals surface area (Å²) < 4.78 is 53.5. The first-order chi connectivity index (χ1) is 14.7. The number of amides is 1. The van der Waals surface area contributed by atoms with Gasteiger partial charge < -0.3 is 15.5 Å². The molecule has 1 fully saturated rings. The molecule has 1 saturated carbocycles. The fourth-order valence-corrected chi connectivity index (χ4v) is 3.33. The van der Waals surface area contributed by atoms with Crippen molar-refractivity contribution in [2.75, 3.05) is 0 Å². The van der Waals surface area contributed by atoms with Crippen LogP contribution in [0.25, 0.3) is 0 Å². The van der Waals surface area contributed by atoms with Crippen LogP contribution < -0.4 is 5.32 Å². The SMILES string of the molecule is CC(C)(O)c1cc(F)c(CC(=O)Cc2ccnc(C(=O)NC3(C(F)(F)F)CC3)c2)cc1O. The first-order valence-corrected chi connectivity index (χ1v) is 9.82. The number of carbonyl (C=O) groups is 2. The lowest BCUT2D eigenvalue weighted by Gasteiger charge is -2.20. The highest BCUT2D eigenvalue weighted by Crippen LogP contribution is 2.49. The van der Waals surface area contributed by atoms with Crippen molar-refractivity contribution in [1.29, 1.82) is 0 Å². The van der Waals surface area contributed by atoms with Gasteiger partial charge in [-0.15, -0.1) is 0 Å². The van der Waals surface area contributed by atoms with Crippen molar-refractivity contribution in [1.82, 2.24) is 10.3 Å². The van der Waals surface area contributed by atoms with Crippen molar-refractivity contribution in [2.24, 2.45) is 0 Å². The van der Waals surface area contributed by atoms with Crippen LogP contribution in [0.1, 0.15) is 53.9 Å². The number of hydrogen-bond acceptors (Lipinski definition) is 5. The number of aromatic hydroxyl groups is 1. The molecule has 3 rings (SSSR count). The Bertz CT molecular complexity index is 1060. The average Bonchev–Trinajstić information content (AvgIpc) is 3.44. The minimum atomic E-state index is -4.56. The maximum atomic E-state index is 14.4. The van der Waals surface area contributed by atoms with Gasteiger partial charge in [0.1, 0.15) is 28.6 Å². The van der Waals surface area contributed by atoms with Crippen molar-refractivity contribution in [3.8, 4) is 5.75 Å². The third-order valence-electron chi connectivity index (χ3n) is 5.32. The van der Waals surface area contributed by atoms with E-state index in [4.69, 9.17) is 0 Å². The van der Waals surface area contributed by atoms with Gasteiger partial charge in [0.05, 0.1) is 5.60 Å². The molecule has 3 N–H and O–H groups in total. The van der Waals surface area contributed by atoms with Crippen molar-refractivity contribution in [3.05, 3.63) is 58.7 Å². The summed E-state index contributed by atoms with van der Waals surface area (Å²) in [6, 6.07) is 4.67. The predicted molar refractivity (Wildman–Crippen MR) is 105 cm³/mol. The Morgan fingerprint density at radius 1 is 1.16 bits per heavy atom. The van der Waals surface area contributed by atoms with Gasteiger partial charge in [-0.25, -0.2) is 4.39 Å². The topological polar surface area (TPSA) is 99.5 Å². The number of phenols is 1. The fourth-order valence-electron chi connectivity index (χ4n) is 3.33. The zero-order valence-electron chi connectivity index (χ0n) is 17.4. The molecular formula is C22H22F4N2O4. The smallest absolute Gasteiger partial charge is 0.411 e. The average molecular weight is 454 g/mol. The van der Waals surface area contributed by atoms with Gasteiger partial charge >= 0.3 is 6.18 Å². The van der Waals surface area contributed by atoms with Gasteiger partial charge in [0.15, 0.2) is 0 Å². The van der Waals surface area contributed by atoms with Gasteiger partial charge in [-0.2, -0.15) is 13.2 Å². The number of nitrogens with one attached hydrogen (secondary N) is 1. The van der Waals surface area contributed by atoms with Crippen molar-refractivity contribution < 1.29 is 37.4 Å². The zero-order valence-corrected chi connectivity index (χ0v) is 17.4. The zero-order chi connectivity index (χ0) is 23.9. The summed E-state index contributed by atoms with van der Waals surface area (Å²) in [6.07, 6.45) is -4.36. The summed E-state index contributed by atoms with van der Waals surface area (Å²) in [5.74, 6) is -2.58. The van der Waals surface area contributed by atoms with Crippen molar-refractivity contribution >= 4 is 11.7 Å². The van der Waals surface area contributed by atoms with Crippen LogP contribution in [0.4, 0.5) is 17.6 Å². The molecule has 6 nitrogen and oxygen atoms in total. The lowest BCUT2D eigenvalue weighted by Crippen LogP contribution is -2.48. The van der Waals surface area contributed by atoms with E-state index < -0.39 is 34.8 Å². The third-order valence-corrected chi connectivity index (χ3v) is 5.32. The second kappa shape index (κ2) is 8.16. The van der Waals surface area contributed by atoms with Gasteiger partial charge in [0.2, 0.25) is 0 Å². The lowest BCUT2D eigenvalue weighted by molar-refractivity contribution is -0.163. The van der Waals surface area contributed by atoms with E-state index in [9.17, 15) is 37.4 Å². The Hall–Kier alpha value is -3.01. The molecule has 0 unspecified atom stereocenters. The Balaban J connectivity index is 1.69. The maximum Gasteiger partial charge on any atom is 0.411 e. The molecule has 1 aromatic heterocycles. The molecule has 32 heavy (non-hydrogen) atoms. The van der Waals surface area contributed by atoms with Crippen LogP contribution >= 0.6 is 0 Å². The Morgan fingerprint density at radius 2 is 1.81 bits per heavy atom. The number of rotatable bonds is 7. The van der Waals surface area contributed by atoms with Gasteiger partial charge in [-0.05, 0) is 62.1 Å². The molecule has 2 aromatic rings. The van der Waals surface area contributed by atoms with Crippen molar-refractivity contribution in [2.45, 2.75) is 56.8 Å². The van der Waals surface area contributed by atoms with Crippen LogP contribution in [0.3, 0.4) is 0 Å². The quantitative estimate of drug-likeness (QED) is 0.558. The molecule has 0 bridgehead atoms. The van der Waals surface area contributed by atoms with E-state index in [1.807, 2.05) is 5.32 Å². The van der Waals surface area contributed by atoms with Gasteiger partial charge in [-0.3, -0.25) is 14.6 Å². The molecule has 1 aliphatic rings. The molecule has 10 heteroatoms. The monoisotopic (exact) mass is 454 g/mol. The molecule has 0 radical (unpaired) electrons. The second-order valence-electron chi connectivity index (χ2n) is 8.50. The molecule has 0 saturated heterocycles. The van der Waals surface area contributed by atoms with Crippen LogP contribution in [0.2, 0.25) is 0 Å². The molecule has 1 amide bonds. The van der Waals surface area contributed by atoms with Crippen LogP contribution in [0.5, 0.6) is 5.75 Å². The summed E-state index contributed by atoms with van der Waals surface area (Å²) >= 11 is 0. The number of pyridine rings is 1. The van der Waals surface area contributed by atoms with E-state index in [2.05, 4.69) is 4.98 Å². The minimum Gasteiger partial charge on any atom is -0.508 e. The molecule has 0 aliphatic heterocycles. The number of aliphatic hydroxyl groups is 1. The number of Topliss-reactive ketones (excluding diaryl/α,β-unsaturated/α-hetero) is 1. The van der Waals surface area contributed by atoms with Gasteiger partial charge in [-0.1, -0.05) is 0 Å². The second-order valence-corrected chi connectivity index (χ2v) is 8.50. The van der Waals surface area contributed by atoms with Crippen LogP contribution in [-0.2, 0) is 23.2 Å². The molecule has 1 heterocycles. The Morgan fingerprint density at radius 3 is 2.38 bits per heavy atom. The fraction of sp³-hybridized carbons (Fsp3) is 0.409. The molecule has 1 aromatic carbocycles. The third kappa shape index (κ3) is 5.07. The summed E-state index contributed by atoms with van der Waals surface area (Å²) in [5.41, 5.74) is -3.75. The Kier molecular flexibility index (Phi) is 6.03. The van der Waals surface area contributed by atoms with Gasteiger partial charge in [0.25, 0.3) is 5.91 Å². The number of nitrogens with zero attached hydrogens (tertiary/aromatic N) is 1. The molecule has 1 aliphatic carbocycles. The van der Waals surface area contributed by atoms with E-state index in [1.54, 1.807) is 0 Å². The first-order valence-electron chi connectivity index (χ1n) is 9.82. The number of hydrogen-bond donors (Lipinski definition) is 3. The standard InChI is InChI=1S/C22H22F4N2O4/c1-20(2,32)15-11-16(23)13(10-18(15)30)9-14(29)7-12-3-6-27-17(8-12)19(31)28-21(4-5-21)22(24,25)26/h3,6,8,10-11,30,32H,4-5,7,9H2,1-2H3,(H,28,31). The first kappa shape index (κ1) is 23.6. The summed E-state index contributed by atoms with van der Waals surface area (Å²) in [6.45, 7) is 2.76. The predicted octanol–water partition coefficient (Wildman–Crippen LogP) is 3.33. The molecule has 0 atom stereocenters. The number of halogens is 4. The van der Waals surface area contributed by atoms with E-state index in [0.29, 0.717) is 5.56 Å². The van der Waals surface area contributed by atoms with Crippen LogP contribution in [-0.4, -0.2) is 38.6 Å². The minimum absolute atomic E-state index is 0.0247. The number of ketones is 1. The normalized spacial score (nSPS) is 15.3. The molecular weight excluding hydrogens is 432 g/mol.